The van der Waals surface area contributed by atoms with Crippen LogP contribution in [0, 0.1) is 0 Å². The van der Waals surface area contributed by atoms with Gasteiger partial charge >= 0.3 is 35.5 Å². The third kappa shape index (κ3) is 3.55. The normalized spacial score (nSPS) is 27.6. The van der Waals surface area contributed by atoms with Gasteiger partial charge in [0.1, 0.15) is 6.61 Å². The molecule has 0 aliphatic carbocycles. The van der Waals surface area contributed by atoms with Gasteiger partial charge in [0, 0.05) is 26.0 Å². The molecular formula is C9H13NNaO5P. The Morgan fingerprint density at radius 2 is 2.18 bits per heavy atom. The molecule has 0 saturated carbocycles. The van der Waals surface area contributed by atoms with Gasteiger partial charge in [-0.3, -0.25) is 9.59 Å². The van der Waals surface area contributed by atoms with Crippen molar-refractivity contribution in [2.45, 2.75) is 24.9 Å². The zero-order chi connectivity index (χ0) is 11.8. The van der Waals surface area contributed by atoms with Crippen molar-refractivity contribution >= 4 is 19.2 Å². The van der Waals surface area contributed by atoms with Crippen molar-refractivity contribution in [2.75, 3.05) is 19.4 Å². The molecule has 1 amide bonds. The fourth-order valence-corrected chi connectivity index (χ4v) is 3.69. The van der Waals surface area contributed by atoms with Crippen LogP contribution in [0.1, 0.15) is 19.3 Å². The summed E-state index contributed by atoms with van der Waals surface area (Å²) in [7, 11) is -3.75. The van der Waals surface area contributed by atoms with E-state index in [1.54, 1.807) is 0 Å². The number of nitrogens with zero attached hydrogens (tertiary/aromatic N) is 1. The van der Waals surface area contributed by atoms with Crippen LogP contribution < -0.4 is 34.5 Å². The molecular weight excluding hydrogens is 256 g/mol. The number of hydrogen-bond acceptors (Lipinski definition) is 5. The Bertz CT molecular complexity index is 374. The Kier molecular flexibility index (Phi) is 5.22. The summed E-state index contributed by atoms with van der Waals surface area (Å²) in [4.78, 5) is 35.4. The van der Waals surface area contributed by atoms with Crippen molar-refractivity contribution in [3.8, 4) is 0 Å². The largest absolute Gasteiger partial charge is 1.00 e. The van der Waals surface area contributed by atoms with Gasteiger partial charge in [-0.05, 0) is 6.42 Å². The number of hydrogen-bond donors (Lipinski definition) is 0. The Balaban J connectivity index is 0.00000144. The van der Waals surface area contributed by atoms with Crippen LogP contribution in [-0.4, -0.2) is 41.9 Å². The number of ether oxygens (including phenoxy) is 1. The van der Waals surface area contributed by atoms with Gasteiger partial charge in [0.15, 0.2) is 0 Å². The van der Waals surface area contributed by atoms with E-state index in [1.165, 1.54) is 4.90 Å². The van der Waals surface area contributed by atoms with Crippen molar-refractivity contribution in [2.24, 2.45) is 0 Å². The van der Waals surface area contributed by atoms with Crippen molar-refractivity contribution < 1.29 is 53.3 Å². The molecule has 0 aromatic heterocycles. The van der Waals surface area contributed by atoms with Gasteiger partial charge in [-0.1, -0.05) is 0 Å². The first-order valence-electron chi connectivity index (χ1n) is 5.22. The van der Waals surface area contributed by atoms with Crippen molar-refractivity contribution in [3.05, 3.63) is 0 Å². The van der Waals surface area contributed by atoms with Gasteiger partial charge in [0.25, 0.3) is 0 Å². The smallest absolute Gasteiger partial charge is 0.798 e. The second kappa shape index (κ2) is 5.85. The fraction of sp³-hybridized carbons (Fsp3) is 0.778. The maximum Gasteiger partial charge on any atom is 1.00 e. The minimum Gasteiger partial charge on any atom is -0.798 e. The predicted octanol–water partition coefficient (Wildman–Crippen LogP) is -3.48. The summed E-state index contributed by atoms with van der Waals surface area (Å²) in [5.41, 5.74) is -0.756. The fourth-order valence-electron chi connectivity index (χ4n) is 1.96. The van der Waals surface area contributed by atoms with Crippen LogP contribution in [0.2, 0.25) is 0 Å². The zero-order valence-electron chi connectivity index (χ0n) is 9.76. The first-order valence-corrected chi connectivity index (χ1v) is 7.10. The van der Waals surface area contributed by atoms with Gasteiger partial charge in [-0.15, -0.1) is 0 Å². The number of amides is 1. The van der Waals surface area contributed by atoms with Crippen LogP contribution in [0.4, 0.5) is 0 Å². The molecule has 2 unspecified atom stereocenters. The van der Waals surface area contributed by atoms with E-state index in [4.69, 9.17) is 0 Å². The van der Waals surface area contributed by atoms with Crippen molar-refractivity contribution in [1.82, 2.24) is 4.90 Å². The molecule has 2 rings (SSSR count). The maximum atomic E-state index is 11.9. The van der Waals surface area contributed by atoms with E-state index in [0.29, 0.717) is 19.4 Å². The minimum atomic E-state index is -3.75. The molecule has 2 aliphatic rings. The molecule has 0 N–H and O–H groups in total. The summed E-state index contributed by atoms with van der Waals surface area (Å²) >= 11 is 0. The van der Waals surface area contributed by atoms with E-state index >= 15 is 0 Å². The van der Waals surface area contributed by atoms with E-state index in [-0.39, 0.29) is 54.8 Å². The van der Waals surface area contributed by atoms with Crippen LogP contribution in [0.5, 0.6) is 0 Å². The van der Waals surface area contributed by atoms with Gasteiger partial charge in [-0.25, -0.2) is 0 Å². The average Bonchev–Trinajstić information content (AvgIpc) is 2.77. The molecule has 2 atom stereocenters. The number of carbonyl (C=O) groups is 2. The van der Waals surface area contributed by atoms with E-state index < -0.39 is 19.0 Å². The molecule has 17 heavy (non-hydrogen) atoms. The third-order valence-corrected chi connectivity index (χ3v) is 5.11. The quantitative estimate of drug-likeness (QED) is 0.302. The summed E-state index contributed by atoms with van der Waals surface area (Å²) < 4.78 is 16.5. The number of likely N-dealkylation sites (tertiary alicyclic amines) is 1. The molecule has 0 bridgehead atoms. The predicted molar refractivity (Wildman–Crippen MR) is 52.8 cm³/mol. The van der Waals surface area contributed by atoms with E-state index in [1.807, 2.05) is 0 Å². The van der Waals surface area contributed by atoms with E-state index in [9.17, 15) is 19.0 Å². The zero-order valence-corrected chi connectivity index (χ0v) is 12.7. The molecule has 2 fully saturated rings. The molecule has 0 spiro atoms. The minimum absolute atomic E-state index is 0. The van der Waals surface area contributed by atoms with Gasteiger partial charge < -0.3 is 19.1 Å². The maximum absolute atomic E-state index is 11.9. The van der Waals surface area contributed by atoms with Gasteiger partial charge in [-0.2, -0.15) is 0 Å². The van der Waals surface area contributed by atoms with Crippen LogP contribution in [0.15, 0.2) is 0 Å². The van der Waals surface area contributed by atoms with Crippen LogP contribution >= 0.6 is 7.37 Å². The van der Waals surface area contributed by atoms with Crippen LogP contribution in [-0.2, 0) is 18.9 Å². The summed E-state index contributed by atoms with van der Waals surface area (Å²) in [6, 6.07) is 0. The Hall–Kier alpha value is 0.130. The molecule has 2 heterocycles. The van der Waals surface area contributed by atoms with E-state index in [0.717, 1.165) is 0 Å². The standard InChI is InChI=1S/C9H14NO5P.Na/c11-8-2-1-3-10(8)6-16(13,14)7-4-9(12)15-5-7;/h7H,1-6H2,(H,13,14);/q;+1/p-1. The summed E-state index contributed by atoms with van der Waals surface area (Å²) in [6.07, 6.45) is 0.787. The SMILES string of the molecule is O=C1CC(P(=O)([O-])CN2CCCC2=O)CO1.[Na+]. The second-order valence-electron chi connectivity index (χ2n) is 4.17. The number of carbonyl (C=O) groups excluding carboxylic acids is 2. The molecule has 2 aliphatic heterocycles. The van der Waals surface area contributed by atoms with Crippen LogP contribution in [0.25, 0.3) is 0 Å². The average molecular weight is 269 g/mol. The van der Waals surface area contributed by atoms with Gasteiger partial charge in [0.2, 0.25) is 5.91 Å². The summed E-state index contributed by atoms with van der Waals surface area (Å²) in [5, 5.41) is 0. The molecule has 0 radical (unpaired) electrons. The van der Waals surface area contributed by atoms with Crippen molar-refractivity contribution in [3.63, 3.8) is 0 Å². The first kappa shape index (κ1) is 15.2. The summed E-state index contributed by atoms with van der Waals surface area (Å²) in [5.74, 6) is -0.602. The van der Waals surface area contributed by atoms with Crippen LogP contribution in [0.3, 0.4) is 0 Å². The Morgan fingerprint density at radius 3 is 2.65 bits per heavy atom. The number of rotatable bonds is 3. The molecule has 6 nitrogen and oxygen atoms in total. The Labute approximate surface area is 121 Å². The molecule has 0 aromatic rings. The molecule has 0 aromatic carbocycles. The first-order chi connectivity index (χ1) is 7.49. The Morgan fingerprint density at radius 1 is 1.47 bits per heavy atom. The monoisotopic (exact) mass is 269 g/mol. The third-order valence-electron chi connectivity index (χ3n) is 2.93. The van der Waals surface area contributed by atoms with Gasteiger partial charge in [0.05, 0.1) is 12.7 Å². The summed E-state index contributed by atoms with van der Waals surface area (Å²) in [6.45, 7) is 0.425. The molecule has 8 heteroatoms. The number of esters is 1. The van der Waals surface area contributed by atoms with E-state index in [2.05, 4.69) is 4.74 Å². The molecule has 2 saturated heterocycles. The van der Waals surface area contributed by atoms with Crippen molar-refractivity contribution in [1.29, 1.82) is 0 Å². The second-order valence-corrected chi connectivity index (χ2v) is 6.63. The topological polar surface area (TPSA) is 86.7 Å². The number of cyclic esters (lactones) is 1. The molecule has 90 valence electrons.